The summed E-state index contributed by atoms with van der Waals surface area (Å²) in [5, 5.41) is 3.64. The molecule has 0 saturated carbocycles. The minimum atomic E-state index is 0.424. The number of nitrogens with one attached hydrogen (secondary N) is 1. The summed E-state index contributed by atoms with van der Waals surface area (Å²) in [7, 11) is 0. The molecule has 0 aromatic heterocycles. The first-order chi connectivity index (χ1) is 5.91. The van der Waals surface area contributed by atoms with Crippen LogP contribution in [0.3, 0.4) is 0 Å². The molecule has 1 heteroatoms. The molecule has 0 bridgehead atoms. The van der Waals surface area contributed by atoms with E-state index in [4.69, 9.17) is 0 Å². The molecular formula is C12H25N. The normalized spacial score (nSPS) is 30.9. The molecule has 2 unspecified atom stereocenters. The Hall–Kier alpha value is -0.0400. The van der Waals surface area contributed by atoms with Crippen molar-refractivity contribution in [2.75, 3.05) is 6.54 Å². The van der Waals surface area contributed by atoms with Crippen molar-refractivity contribution in [3.8, 4) is 0 Å². The van der Waals surface area contributed by atoms with Gasteiger partial charge in [0.1, 0.15) is 0 Å². The molecule has 0 spiro atoms. The van der Waals surface area contributed by atoms with Gasteiger partial charge in [0.15, 0.2) is 0 Å². The Labute approximate surface area is 83.3 Å². The smallest absolute Gasteiger partial charge is 0.0118 e. The Morgan fingerprint density at radius 2 is 1.85 bits per heavy atom. The molecule has 1 saturated heterocycles. The average Bonchev–Trinajstić information content (AvgIpc) is 2.03. The zero-order valence-corrected chi connectivity index (χ0v) is 9.85. The number of piperidine rings is 1. The predicted molar refractivity (Wildman–Crippen MR) is 58.8 cm³/mol. The van der Waals surface area contributed by atoms with Crippen molar-refractivity contribution in [3.63, 3.8) is 0 Å². The van der Waals surface area contributed by atoms with E-state index >= 15 is 0 Å². The lowest BCUT2D eigenvalue weighted by molar-refractivity contribution is 0.159. The third-order valence-electron chi connectivity index (χ3n) is 3.43. The molecule has 1 fully saturated rings. The fourth-order valence-electron chi connectivity index (χ4n) is 2.21. The lowest BCUT2D eigenvalue weighted by atomic mass is 9.75. The van der Waals surface area contributed by atoms with E-state index in [2.05, 4.69) is 39.9 Å². The van der Waals surface area contributed by atoms with Crippen LogP contribution < -0.4 is 5.32 Å². The van der Waals surface area contributed by atoms with Crippen LogP contribution in [0.5, 0.6) is 0 Å². The molecule has 13 heavy (non-hydrogen) atoms. The predicted octanol–water partition coefficient (Wildman–Crippen LogP) is 3.06. The molecule has 0 amide bonds. The van der Waals surface area contributed by atoms with E-state index < -0.39 is 0 Å². The van der Waals surface area contributed by atoms with Gasteiger partial charge in [-0.25, -0.2) is 0 Å². The van der Waals surface area contributed by atoms with E-state index in [0.717, 1.165) is 11.8 Å². The van der Waals surface area contributed by atoms with Gasteiger partial charge in [0.2, 0.25) is 0 Å². The van der Waals surface area contributed by atoms with E-state index in [9.17, 15) is 0 Å². The fraction of sp³-hybridized carbons (Fsp3) is 1.00. The first kappa shape index (κ1) is 11.0. The fourth-order valence-corrected chi connectivity index (χ4v) is 2.21. The van der Waals surface area contributed by atoms with Crippen LogP contribution in [0.2, 0.25) is 0 Å². The molecule has 78 valence electrons. The maximum atomic E-state index is 3.64. The zero-order chi connectivity index (χ0) is 10.1. The second-order valence-corrected chi connectivity index (χ2v) is 5.90. The van der Waals surface area contributed by atoms with Crippen LogP contribution in [0.25, 0.3) is 0 Å². The highest BCUT2D eigenvalue weighted by molar-refractivity contribution is 4.87. The van der Waals surface area contributed by atoms with Gasteiger partial charge < -0.3 is 5.32 Å². The van der Waals surface area contributed by atoms with Crippen molar-refractivity contribution in [2.45, 2.75) is 53.5 Å². The quantitative estimate of drug-likeness (QED) is 0.659. The van der Waals surface area contributed by atoms with Crippen molar-refractivity contribution in [1.82, 2.24) is 5.32 Å². The molecule has 0 aliphatic carbocycles. The first-order valence-corrected chi connectivity index (χ1v) is 5.64. The van der Waals surface area contributed by atoms with Gasteiger partial charge >= 0.3 is 0 Å². The Morgan fingerprint density at radius 3 is 2.31 bits per heavy atom. The van der Waals surface area contributed by atoms with Gasteiger partial charge in [-0.1, -0.05) is 34.6 Å². The number of rotatable bonds is 1. The van der Waals surface area contributed by atoms with Crippen LogP contribution in [0.1, 0.15) is 47.5 Å². The summed E-state index contributed by atoms with van der Waals surface area (Å²) in [5.41, 5.74) is 0.424. The van der Waals surface area contributed by atoms with Crippen LogP contribution >= 0.6 is 0 Å². The summed E-state index contributed by atoms with van der Waals surface area (Å²) in [6, 6.07) is 0.716. The van der Waals surface area contributed by atoms with Crippen LogP contribution in [0.4, 0.5) is 0 Å². The van der Waals surface area contributed by atoms with Crippen molar-refractivity contribution >= 4 is 0 Å². The Bertz CT molecular complexity index is 155. The molecule has 1 nitrogen and oxygen atoms in total. The number of hydrogen-bond acceptors (Lipinski definition) is 1. The standard InChI is InChI=1S/C12H25N/c1-9(2)10-6-7-13-11(8-10)12(3,4)5/h9-11,13H,6-8H2,1-5H3. The van der Waals surface area contributed by atoms with Gasteiger partial charge in [0, 0.05) is 6.04 Å². The average molecular weight is 183 g/mol. The van der Waals surface area contributed by atoms with Gasteiger partial charge in [-0.05, 0) is 36.6 Å². The highest BCUT2D eigenvalue weighted by Gasteiger charge is 2.31. The van der Waals surface area contributed by atoms with E-state index in [1.807, 2.05) is 0 Å². The van der Waals surface area contributed by atoms with Crippen LogP contribution in [0.15, 0.2) is 0 Å². The molecule has 1 aliphatic rings. The lowest BCUT2D eigenvalue weighted by Crippen LogP contribution is -2.46. The summed E-state index contributed by atoms with van der Waals surface area (Å²) in [5.74, 6) is 1.79. The summed E-state index contributed by atoms with van der Waals surface area (Å²) in [4.78, 5) is 0. The summed E-state index contributed by atoms with van der Waals surface area (Å²) in [6.45, 7) is 12.9. The zero-order valence-electron chi connectivity index (χ0n) is 9.85. The topological polar surface area (TPSA) is 12.0 Å². The minimum absolute atomic E-state index is 0.424. The highest BCUT2D eigenvalue weighted by atomic mass is 14.9. The molecule has 0 aromatic rings. The van der Waals surface area contributed by atoms with Gasteiger partial charge in [0.25, 0.3) is 0 Å². The van der Waals surface area contributed by atoms with Crippen molar-refractivity contribution in [3.05, 3.63) is 0 Å². The minimum Gasteiger partial charge on any atom is -0.313 e. The van der Waals surface area contributed by atoms with Crippen molar-refractivity contribution < 1.29 is 0 Å². The summed E-state index contributed by atoms with van der Waals surface area (Å²) in [6.07, 6.45) is 2.73. The van der Waals surface area contributed by atoms with Crippen LogP contribution in [0, 0.1) is 17.3 Å². The summed E-state index contributed by atoms with van der Waals surface area (Å²) < 4.78 is 0. The second-order valence-electron chi connectivity index (χ2n) is 5.90. The molecule has 1 heterocycles. The first-order valence-electron chi connectivity index (χ1n) is 5.64. The monoisotopic (exact) mass is 183 g/mol. The molecule has 2 atom stereocenters. The van der Waals surface area contributed by atoms with Gasteiger partial charge in [-0.3, -0.25) is 0 Å². The Balaban J connectivity index is 2.52. The SMILES string of the molecule is CC(C)C1CCNC(C(C)(C)C)C1. The van der Waals surface area contributed by atoms with E-state index in [-0.39, 0.29) is 0 Å². The summed E-state index contributed by atoms with van der Waals surface area (Å²) >= 11 is 0. The van der Waals surface area contributed by atoms with E-state index in [1.54, 1.807) is 0 Å². The maximum absolute atomic E-state index is 3.64. The van der Waals surface area contributed by atoms with Crippen molar-refractivity contribution in [2.24, 2.45) is 17.3 Å². The Kier molecular flexibility index (Phi) is 3.39. The van der Waals surface area contributed by atoms with Crippen LogP contribution in [-0.2, 0) is 0 Å². The van der Waals surface area contributed by atoms with Gasteiger partial charge in [-0.2, -0.15) is 0 Å². The maximum Gasteiger partial charge on any atom is 0.0118 e. The van der Waals surface area contributed by atoms with E-state index in [1.165, 1.54) is 19.4 Å². The Morgan fingerprint density at radius 1 is 1.23 bits per heavy atom. The molecule has 0 aromatic carbocycles. The van der Waals surface area contributed by atoms with E-state index in [0.29, 0.717) is 11.5 Å². The van der Waals surface area contributed by atoms with Crippen LogP contribution in [-0.4, -0.2) is 12.6 Å². The molecule has 1 N–H and O–H groups in total. The third-order valence-corrected chi connectivity index (χ3v) is 3.43. The molecule has 1 aliphatic heterocycles. The highest BCUT2D eigenvalue weighted by Crippen LogP contribution is 2.32. The van der Waals surface area contributed by atoms with Gasteiger partial charge in [-0.15, -0.1) is 0 Å². The molecule has 0 radical (unpaired) electrons. The molecule has 1 rings (SSSR count). The molecular weight excluding hydrogens is 158 g/mol. The van der Waals surface area contributed by atoms with Gasteiger partial charge in [0.05, 0.1) is 0 Å². The third kappa shape index (κ3) is 2.98. The largest absolute Gasteiger partial charge is 0.313 e. The lowest BCUT2D eigenvalue weighted by Gasteiger charge is -2.40. The van der Waals surface area contributed by atoms with Crippen molar-refractivity contribution in [1.29, 1.82) is 0 Å². The number of hydrogen-bond donors (Lipinski definition) is 1. The second kappa shape index (κ2) is 4.00.